The zero-order chi connectivity index (χ0) is 15.9. The molecule has 0 radical (unpaired) electrons. The Hall–Kier alpha value is -2.36. The standard InChI is InChI=1S/C15H12ClN3O3/c1-15(7-20)5-12-13(14(21)22-15)19(8-18-12)10-3-2-9(6-17)11(16)4-10/h2-4,8,20H,5,7H2,1H3/t15-/m1/s1. The van der Waals surface area contributed by atoms with Gasteiger partial charge in [0.05, 0.1) is 22.9 Å². The average molecular weight is 318 g/mol. The van der Waals surface area contributed by atoms with Crippen LogP contribution < -0.4 is 0 Å². The van der Waals surface area contributed by atoms with Crippen LogP contribution in [0, 0.1) is 11.3 Å². The Morgan fingerprint density at radius 2 is 2.36 bits per heavy atom. The Morgan fingerprint density at radius 3 is 3.00 bits per heavy atom. The Bertz CT molecular complexity index is 809. The molecule has 1 aliphatic heterocycles. The lowest BCUT2D eigenvalue weighted by molar-refractivity contribution is -0.0434. The largest absolute Gasteiger partial charge is 0.452 e. The highest BCUT2D eigenvalue weighted by Gasteiger charge is 2.39. The van der Waals surface area contributed by atoms with E-state index >= 15 is 0 Å². The highest BCUT2D eigenvalue weighted by molar-refractivity contribution is 6.31. The van der Waals surface area contributed by atoms with Crippen LogP contribution >= 0.6 is 11.6 Å². The first kappa shape index (κ1) is 14.6. The quantitative estimate of drug-likeness (QED) is 0.854. The van der Waals surface area contributed by atoms with Crippen LogP contribution in [0.1, 0.15) is 28.7 Å². The first-order chi connectivity index (χ1) is 10.5. The van der Waals surface area contributed by atoms with Crippen LogP contribution in [-0.2, 0) is 11.2 Å². The number of aliphatic hydroxyl groups is 1. The minimum atomic E-state index is -0.953. The molecule has 7 heteroatoms. The van der Waals surface area contributed by atoms with E-state index in [1.165, 1.54) is 6.33 Å². The number of ether oxygens (including phenoxy) is 1. The molecule has 0 unspecified atom stereocenters. The fourth-order valence-electron chi connectivity index (χ4n) is 2.42. The molecule has 1 N–H and O–H groups in total. The molecule has 1 aromatic heterocycles. The number of aliphatic hydroxyl groups excluding tert-OH is 1. The summed E-state index contributed by atoms with van der Waals surface area (Å²) in [5.41, 5.74) is 0.892. The third kappa shape index (κ3) is 2.25. The van der Waals surface area contributed by atoms with Gasteiger partial charge < -0.3 is 9.84 Å². The van der Waals surface area contributed by atoms with E-state index in [0.717, 1.165) is 0 Å². The van der Waals surface area contributed by atoms with Gasteiger partial charge in [0, 0.05) is 12.1 Å². The minimum absolute atomic E-state index is 0.270. The van der Waals surface area contributed by atoms with E-state index in [-0.39, 0.29) is 6.61 Å². The van der Waals surface area contributed by atoms with Crippen LogP contribution in [-0.4, -0.2) is 32.8 Å². The van der Waals surface area contributed by atoms with Crippen LogP contribution in [0.5, 0.6) is 0 Å². The lowest BCUT2D eigenvalue weighted by Crippen LogP contribution is -2.42. The first-order valence-electron chi connectivity index (χ1n) is 6.58. The van der Waals surface area contributed by atoms with Crippen LogP contribution in [0.3, 0.4) is 0 Å². The SMILES string of the molecule is C[C@]1(CO)Cc2ncn(-c3ccc(C#N)c(Cl)c3)c2C(=O)O1. The van der Waals surface area contributed by atoms with Crippen LogP contribution in [0.25, 0.3) is 5.69 Å². The number of nitrogens with zero attached hydrogens (tertiary/aromatic N) is 3. The van der Waals surface area contributed by atoms with E-state index in [4.69, 9.17) is 21.6 Å². The van der Waals surface area contributed by atoms with Gasteiger partial charge in [-0.25, -0.2) is 9.78 Å². The number of rotatable bonds is 2. The minimum Gasteiger partial charge on any atom is -0.452 e. The van der Waals surface area contributed by atoms with E-state index < -0.39 is 11.6 Å². The summed E-state index contributed by atoms with van der Waals surface area (Å²) < 4.78 is 6.88. The number of carbonyl (C=O) groups excluding carboxylic acids is 1. The normalized spacial score (nSPS) is 20.2. The number of halogens is 1. The summed E-state index contributed by atoms with van der Waals surface area (Å²) in [4.78, 5) is 16.5. The van der Waals surface area contributed by atoms with Crippen molar-refractivity contribution in [2.24, 2.45) is 0 Å². The molecule has 3 rings (SSSR count). The lowest BCUT2D eigenvalue weighted by atomic mass is 9.97. The second-order valence-electron chi connectivity index (χ2n) is 5.36. The summed E-state index contributed by atoms with van der Waals surface area (Å²) in [7, 11) is 0. The van der Waals surface area contributed by atoms with Crippen molar-refractivity contribution in [3.8, 4) is 11.8 Å². The topological polar surface area (TPSA) is 88.1 Å². The molecule has 112 valence electrons. The molecule has 0 amide bonds. The van der Waals surface area contributed by atoms with E-state index in [1.54, 1.807) is 29.7 Å². The number of aromatic nitrogens is 2. The van der Waals surface area contributed by atoms with Gasteiger partial charge in [-0.2, -0.15) is 5.26 Å². The molecule has 0 aliphatic carbocycles. The van der Waals surface area contributed by atoms with Crippen molar-refractivity contribution in [2.75, 3.05) is 6.61 Å². The molecule has 22 heavy (non-hydrogen) atoms. The molecule has 2 aromatic rings. The zero-order valence-corrected chi connectivity index (χ0v) is 12.5. The zero-order valence-electron chi connectivity index (χ0n) is 11.7. The Balaban J connectivity index is 2.08. The van der Waals surface area contributed by atoms with E-state index in [1.807, 2.05) is 6.07 Å². The summed E-state index contributed by atoms with van der Waals surface area (Å²) in [6.07, 6.45) is 1.84. The summed E-state index contributed by atoms with van der Waals surface area (Å²) in [5, 5.41) is 18.6. The highest BCUT2D eigenvalue weighted by atomic mass is 35.5. The Kier molecular flexibility index (Phi) is 3.39. The van der Waals surface area contributed by atoms with Gasteiger partial charge in [0.15, 0.2) is 5.69 Å². The monoisotopic (exact) mass is 317 g/mol. The third-order valence-electron chi connectivity index (χ3n) is 3.60. The van der Waals surface area contributed by atoms with Gasteiger partial charge in [-0.15, -0.1) is 0 Å². The molecule has 0 bridgehead atoms. The lowest BCUT2D eigenvalue weighted by Gasteiger charge is -2.31. The fourth-order valence-corrected chi connectivity index (χ4v) is 2.64. The van der Waals surface area contributed by atoms with Gasteiger partial charge in [0.1, 0.15) is 18.0 Å². The molecule has 0 saturated heterocycles. The number of cyclic esters (lactones) is 1. The number of benzene rings is 1. The summed E-state index contributed by atoms with van der Waals surface area (Å²) in [6, 6.07) is 6.83. The molecule has 0 spiro atoms. The maximum Gasteiger partial charge on any atom is 0.357 e. The van der Waals surface area contributed by atoms with E-state index in [0.29, 0.717) is 34.1 Å². The molecule has 1 atom stereocenters. The number of fused-ring (bicyclic) bond motifs is 1. The summed E-state index contributed by atoms with van der Waals surface area (Å²) in [6.45, 7) is 1.39. The second kappa shape index (κ2) is 5.13. The van der Waals surface area contributed by atoms with Gasteiger partial charge >= 0.3 is 5.97 Å². The number of hydrogen-bond donors (Lipinski definition) is 1. The molecule has 0 saturated carbocycles. The van der Waals surface area contributed by atoms with Crippen LogP contribution in [0.15, 0.2) is 24.5 Å². The Labute approximate surface area is 131 Å². The molecule has 0 fully saturated rings. The molecule has 2 heterocycles. The van der Waals surface area contributed by atoms with Crippen molar-refractivity contribution in [1.29, 1.82) is 5.26 Å². The Morgan fingerprint density at radius 1 is 1.59 bits per heavy atom. The molecule has 6 nitrogen and oxygen atoms in total. The number of imidazole rings is 1. The highest BCUT2D eigenvalue weighted by Crippen LogP contribution is 2.29. The second-order valence-corrected chi connectivity index (χ2v) is 5.77. The molecular weight excluding hydrogens is 306 g/mol. The van der Waals surface area contributed by atoms with Crippen LogP contribution in [0.4, 0.5) is 0 Å². The number of nitriles is 1. The van der Waals surface area contributed by atoms with Gasteiger partial charge in [-0.3, -0.25) is 4.57 Å². The van der Waals surface area contributed by atoms with Gasteiger partial charge in [0.2, 0.25) is 0 Å². The summed E-state index contributed by atoms with van der Waals surface area (Å²) >= 11 is 6.03. The van der Waals surface area contributed by atoms with Gasteiger partial charge in [-0.05, 0) is 25.1 Å². The molecule has 1 aliphatic rings. The van der Waals surface area contributed by atoms with Crippen molar-refractivity contribution in [2.45, 2.75) is 18.9 Å². The van der Waals surface area contributed by atoms with Crippen molar-refractivity contribution in [1.82, 2.24) is 9.55 Å². The number of hydrogen-bond acceptors (Lipinski definition) is 5. The van der Waals surface area contributed by atoms with Crippen LogP contribution in [0.2, 0.25) is 5.02 Å². The van der Waals surface area contributed by atoms with Gasteiger partial charge in [0.25, 0.3) is 0 Å². The predicted molar refractivity (Wildman–Crippen MR) is 77.9 cm³/mol. The average Bonchev–Trinajstić information content (AvgIpc) is 2.91. The number of carbonyl (C=O) groups is 1. The maximum absolute atomic E-state index is 12.2. The van der Waals surface area contributed by atoms with E-state index in [2.05, 4.69) is 4.98 Å². The van der Waals surface area contributed by atoms with Gasteiger partial charge in [-0.1, -0.05) is 11.6 Å². The van der Waals surface area contributed by atoms with Crippen molar-refractivity contribution in [3.63, 3.8) is 0 Å². The molecule has 1 aromatic carbocycles. The third-order valence-corrected chi connectivity index (χ3v) is 3.92. The fraction of sp³-hybridized carbons (Fsp3) is 0.267. The van der Waals surface area contributed by atoms with E-state index in [9.17, 15) is 9.90 Å². The smallest absolute Gasteiger partial charge is 0.357 e. The maximum atomic E-state index is 12.2. The predicted octanol–water partition coefficient (Wildman–Crippen LogP) is 1.86. The van der Waals surface area contributed by atoms with Crippen molar-refractivity contribution < 1.29 is 14.6 Å². The number of esters is 1. The van der Waals surface area contributed by atoms with Crippen molar-refractivity contribution in [3.05, 3.63) is 46.5 Å². The molecular formula is C15H12ClN3O3. The van der Waals surface area contributed by atoms with Crippen molar-refractivity contribution >= 4 is 17.6 Å². The summed E-state index contributed by atoms with van der Waals surface area (Å²) in [5.74, 6) is -0.546. The first-order valence-corrected chi connectivity index (χ1v) is 6.96.